The zero-order chi connectivity index (χ0) is 16.1. The topological polar surface area (TPSA) is 66.5 Å². The lowest BCUT2D eigenvalue weighted by Gasteiger charge is -2.16. The number of hydrogen-bond acceptors (Lipinski definition) is 3. The van der Waals surface area contributed by atoms with Gasteiger partial charge in [-0.1, -0.05) is 29.8 Å². The normalized spacial score (nSPS) is 30.9. The number of likely N-dealkylation sites (tertiary alicyclic amines) is 1. The Bertz CT molecular complexity index is 715. The van der Waals surface area contributed by atoms with Crippen molar-refractivity contribution >= 4 is 35.0 Å². The van der Waals surface area contributed by atoms with Crippen LogP contribution in [0.1, 0.15) is 6.42 Å². The van der Waals surface area contributed by atoms with Crippen molar-refractivity contribution in [1.82, 2.24) is 4.90 Å². The third-order valence-corrected chi connectivity index (χ3v) is 5.21. The van der Waals surface area contributed by atoms with Gasteiger partial charge in [0.15, 0.2) is 0 Å². The second-order valence-corrected chi connectivity index (χ2v) is 6.76. The molecule has 0 spiro atoms. The molecule has 2 aliphatic carbocycles. The largest absolute Gasteiger partial charge is 0.324 e. The minimum absolute atomic E-state index is 0.155. The molecule has 5 nitrogen and oxygen atoms in total. The van der Waals surface area contributed by atoms with Crippen molar-refractivity contribution in [3.8, 4) is 0 Å². The zero-order valence-electron chi connectivity index (χ0n) is 12.2. The van der Waals surface area contributed by atoms with E-state index in [9.17, 15) is 14.4 Å². The van der Waals surface area contributed by atoms with E-state index in [1.807, 2.05) is 12.2 Å². The Labute approximate surface area is 138 Å². The highest BCUT2D eigenvalue weighted by Gasteiger charge is 2.59. The molecule has 0 aromatic heterocycles. The summed E-state index contributed by atoms with van der Waals surface area (Å²) < 4.78 is 0. The van der Waals surface area contributed by atoms with Gasteiger partial charge in [0.25, 0.3) is 0 Å². The molecule has 6 heteroatoms. The first-order valence-electron chi connectivity index (χ1n) is 7.63. The van der Waals surface area contributed by atoms with Gasteiger partial charge in [0.05, 0.1) is 11.8 Å². The van der Waals surface area contributed by atoms with Crippen molar-refractivity contribution in [3.05, 3.63) is 41.4 Å². The summed E-state index contributed by atoms with van der Waals surface area (Å²) in [5.74, 6) is -1.04. The quantitative estimate of drug-likeness (QED) is 0.681. The van der Waals surface area contributed by atoms with Crippen LogP contribution in [-0.4, -0.2) is 29.2 Å². The first kappa shape index (κ1) is 14.5. The number of imide groups is 1. The van der Waals surface area contributed by atoms with Crippen LogP contribution < -0.4 is 5.32 Å². The maximum absolute atomic E-state index is 12.5. The monoisotopic (exact) mass is 330 g/mol. The van der Waals surface area contributed by atoms with Crippen LogP contribution in [0.4, 0.5) is 5.69 Å². The molecule has 1 aromatic carbocycles. The second-order valence-electron chi connectivity index (χ2n) is 6.32. The number of nitrogens with zero attached hydrogens (tertiary/aromatic N) is 1. The van der Waals surface area contributed by atoms with Crippen LogP contribution >= 0.6 is 11.6 Å². The molecule has 4 rings (SSSR count). The first-order valence-corrected chi connectivity index (χ1v) is 8.01. The molecule has 0 radical (unpaired) electrons. The average Bonchev–Trinajstić information content (AvgIpc) is 3.17. The Hall–Kier alpha value is -2.14. The molecule has 2 bridgehead atoms. The molecule has 1 aromatic rings. The van der Waals surface area contributed by atoms with Gasteiger partial charge in [-0.25, -0.2) is 0 Å². The number of amides is 3. The fraction of sp³-hybridized carbons (Fsp3) is 0.353. The molecule has 1 heterocycles. The van der Waals surface area contributed by atoms with Gasteiger partial charge in [0, 0.05) is 10.7 Å². The number of nitrogens with one attached hydrogen (secondary N) is 1. The van der Waals surface area contributed by atoms with Crippen molar-refractivity contribution in [2.75, 3.05) is 11.9 Å². The van der Waals surface area contributed by atoms with Crippen LogP contribution in [0, 0.1) is 23.7 Å². The third kappa shape index (κ3) is 2.27. The number of hydrogen-bond donors (Lipinski definition) is 1. The van der Waals surface area contributed by atoms with Gasteiger partial charge in [-0.3, -0.25) is 19.3 Å². The maximum Gasteiger partial charge on any atom is 0.244 e. The van der Waals surface area contributed by atoms with E-state index in [0.29, 0.717) is 10.7 Å². The predicted octanol–water partition coefficient (Wildman–Crippen LogP) is 2.09. The Morgan fingerprint density at radius 2 is 1.83 bits per heavy atom. The minimum Gasteiger partial charge on any atom is -0.324 e. The van der Waals surface area contributed by atoms with Crippen LogP contribution in [0.2, 0.25) is 5.02 Å². The maximum atomic E-state index is 12.5. The number of halogens is 1. The lowest BCUT2D eigenvalue weighted by atomic mass is 9.85. The van der Waals surface area contributed by atoms with Gasteiger partial charge < -0.3 is 5.32 Å². The van der Waals surface area contributed by atoms with Crippen molar-refractivity contribution < 1.29 is 14.4 Å². The van der Waals surface area contributed by atoms with Crippen LogP contribution in [0.25, 0.3) is 0 Å². The fourth-order valence-electron chi connectivity index (χ4n) is 4.03. The molecule has 3 amide bonds. The second kappa shape index (κ2) is 5.20. The predicted molar refractivity (Wildman–Crippen MR) is 84.5 cm³/mol. The van der Waals surface area contributed by atoms with E-state index in [2.05, 4.69) is 5.32 Å². The Kier molecular flexibility index (Phi) is 3.27. The van der Waals surface area contributed by atoms with E-state index in [-0.39, 0.29) is 42.0 Å². The number of carbonyl (C=O) groups is 3. The smallest absolute Gasteiger partial charge is 0.244 e. The van der Waals surface area contributed by atoms with E-state index >= 15 is 0 Å². The molecule has 1 aliphatic heterocycles. The van der Waals surface area contributed by atoms with Crippen molar-refractivity contribution in [3.63, 3.8) is 0 Å². The minimum atomic E-state index is -0.394. The van der Waals surface area contributed by atoms with Crippen LogP contribution in [0.3, 0.4) is 0 Å². The highest BCUT2D eigenvalue weighted by molar-refractivity contribution is 6.30. The molecule has 2 fully saturated rings. The zero-order valence-corrected chi connectivity index (χ0v) is 13.0. The van der Waals surface area contributed by atoms with Crippen molar-refractivity contribution in [1.29, 1.82) is 0 Å². The number of carbonyl (C=O) groups excluding carboxylic acids is 3. The average molecular weight is 331 g/mol. The van der Waals surface area contributed by atoms with E-state index in [1.54, 1.807) is 24.3 Å². The summed E-state index contributed by atoms with van der Waals surface area (Å²) in [6, 6.07) is 6.74. The summed E-state index contributed by atoms with van der Waals surface area (Å²) >= 11 is 5.87. The van der Waals surface area contributed by atoms with E-state index in [1.165, 1.54) is 0 Å². The molecule has 1 N–H and O–H groups in total. The van der Waals surface area contributed by atoms with Gasteiger partial charge in [-0.15, -0.1) is 0 Å². The molecule has 23 heavy (non-hydrogen) atoms. The van der Waals surface area contributed by atoms with Gasteiger partial charge in [-0.05, 0) is 36.5 Å². The molecular weight excluding hydrogens is 316 g/mol. The molecular formula is C17H15ClN2O3. The summed E-state index contributed by atoms with van der Waals surface area (Å²) in [7, 11) is 0. The van der Waals surface area contributed by atoms with Gasteiger partial charge in [0.1, 0.15) is 6.54 Å². The molecule has 3 aliphatic rings. The van der Waals surface area contributed by atoms with E-state index < -0.39 is 5.91 Å². The summed E-state index contributed by atoms with van der Waals surface area (Å²) in [4.78, 5) is 38.3. The molecule has 118 valence electrons. The molecule has 4 atom stereocenters. The van der Waals surface area contributed by atoms with Crippen LogP contribution in [0.15, 0.2) is 36.4 Å². The molecule has 1 saturated carbocycles. The summed E-state index contributed by atoms with van der Waals surface area (Å²) in [5.41, 5.74) is 0.545. The van der Waals surface area contributed by atoms with Crippen LogP contribution in [0.5, 0.6) is 0 Å². The lowest BCUT2D eigenvalue weighted by molar-refractivity contribution is -0.143. The number of benzene rings is 1. The van der Waals surface area contributed by atoms with E-state index in [0.717, 1.165) is 11.3 Å². The third-order valence-electron chi connectivity index (χ3n) is 4.97. The Morgan fingerprint density at radius 1 is 1.17 bits per heavy atom. The number of rotatable bonds is 3. The molecule has 0 unspecified atom stereocenters. The number of allylic oxidation sites excluding steroid dienone is 2. The van der Waals surface area contributed by atoms with Gasteiger partial charge >= 0.3 is 0 Å². The van der Waals surface area contributed by atoms with Gasteiger partial charge in [0.2, 0.25) is 17.7 Å². The SMILES string of the molecule is O=C(CN1C(=O)[C@H]2[C@H](C1=O)[C@H]1C=C[C@@H]2C1)Nc1cccc(Cl)c1. The van der Waals surface area contributed by atoms with Crippen molar-refractivity contribution in [2.45, 2.75) is 6.42 Å². The summed E-state index contributed by atoms with van der Waals surface area (Å²) in [6.07, 6.45) is 4.95. The fourth-order valence-corrected chi connectivity index (χ4v) is 4.22. The molecule has 1 saturated heterocycles. The standard InChI is InChI=1S/C17H15ClN2O3/c18-11-2-1-3-12(7-11)19-13(21)8-20-16(22)14-9-4-5-10(6-9)15(14)17(20)23/h1-5,7,9-10,14-15H,6,8H2,(H,19,21)/t9-,10+,14-,15-/m1/s1. The summed E-state index contributed by atoms with van der Waals surface area (Å²) in [6.45, 7) is -0.239. The highest BCUT2D eigenvalue weighted by atomic mass is 35.5. The Morgan fingerprint density at radius 3 is 2.43 bits per heavy atom. The highest BCUT2D eigenvalue weighted by Crippen LogP contribution is 2.52. The lowest BCUT2D eigenvalue weighted by Crippen LogP contribution is -2.39. The summed E-state index contributed by atoms with van der Waals surface area (Å²) in [5, 5.41) is 3.18. The Balaban J connectivity index is 1.46. The van der Waals surface area contributed by atoms with Crippen LogP contribution in [-0.2, 0) is 14.4 Å². The van der Waals surface area contributed by atoms with Crippen molar-refractivity contribution in [2.24, 2.45) is 23.7 Å². The number of anilines is 1. The first-order chi connectivity index (χ1) is 11.0. The van der Waals surface area contributed by atoms with E-state index in [4.69, 9.17) is 11.6 Å². The number of fused-ring (bicyclic) bond motifs is 5. The van der Waals surface area contributed by atoms with Gasteiger partial charge in [-0.2, -0.15) is 0 Å².